The van der Waals surface area contributed by atoms with Crippen LogP contribution in [0.25, 0.3) is 17.3 Å². The van der Waals surface area contributed by atoms with Crippen LogP contribution in [0.5, 0.6) is 0 Å². The van der Waals surface area contributed by atoms with Gasteiger partial charge in [-0.15, -0.1) is 0 Å². The Labute approximate surface area is 171 Å². The molecule has 3 aromatic heterocycles. The van der Waals surface area contributed by atoms with Crippen LogP contribution >= 0.6 is 11.6 Å². The van der Waals surface area contributed by atoms with Crippen molar-refractivity contribution in [3.63, 3.8) is 0 Å². The van der Waals surface area contributed by atoms with Crippen LogP contribution in [0.3, 0.4) is 0 Å². The maximum Gasteiger partial charge on any atom is 0.271 e. The topological polar surface area (TPSA) is 98.7 Å². The number of nitrogens with zero attached hydrogens (tertiary/aromatic N) is 5. The van der Waals surface area contributed by atoms with Gasteiger partial charge in [-0.05, 0) is 23.8 Å². The number of carbonyl (C=O) groups excluding carboxylic acids is 1. The molecule has 0 aliphatic rings. The molecule has 29 heavy (non-hydrogen) atoms. The fourth-order valence-electron chi connectivity index (χ4n) is 2.65. The molecule has 146 valence electrons. The van der Waals surface area contributed by atoms with E-state index in [1.807, 2.05) is 31.2 Å². The highest BCUT2D eigenvalue weighted by molar-refractivity contribution is 6.31. The third-order valence-electron chi connectivity index (χ3n) is 4.26. The first-order valence-electron chi connectivity index (χ1n) is 8.99. The van der Waals surface area contributed by atoms with Crippen molar-refractivity contribution in [1.82, 2.24) is 30.0 Å². The van der Waals surface area contributed by atoms with Crippen molar-refractivity contribution in [2.45, 2.75) is 19.9 Å². The number of aromatic nitrogens is 5. The van der Waals surface area contributed by atoms with E-state index in [0.29, 0.717) is 35.5 Å². The fourth-order valence-corrected chi connectivity index (χ4v) is 2.86. The number of carbonyl (C=O) groups is 1. The minimum Gasteiger partial charge on any atom is -0.347 e. The fraction of sp³-hybridized carbons (Fsp3) is 0.150. The lowest BCUT2D eigenvalue weighted by molar-refractivity contribution is 0.0946. The van der Waals surface area contributed by atoms with Crippen LogP contribution in [0.1, 0.15) is 28.8 Å². The molecule has 1 aromatic carbocycles. The second-order valence-corrected chi connectivity index (χ2v) is 6.62. The minimum atomic E-state index is -0.293. The molecule has 0 bridgehead atoms. The molecule has 0 radical (unpaired) electrons. The molecule has 0 atom stereocenters. The lowest BCUT2D eigenvalue weighted by Crippen LogP contribution is -2.23. The van der Waals surface area contributed by atoms with E-state index in [0.717, 1.165) is 11.1 Å². The number of amides is 1. The molecule has 4 aromatic rings. The third kappa shape index (κ3) is 4.17. The number of rotatable bonds is 6. The van der Waals surface area contributed by atoms with Crippen molar-refractivity contribution < 1.29 is 9.32 Å². The molecule has 1 amide bonds. The van der Waals surface area contributed by atoms with E-state index in [9.17, 15) is 4.79 Å². The van der Waals surface area contributed by atoms with Crippen molar-refractivity contribution in [3.05, 3.63) is 77.2 Å². The standard InChI is InChI=1S/C20H17ClN6O2/c1-2-17-25-20(29-26-17)14-7-8-18(22-10-14)27-11-16(24-12-27)19(28)23-9-13-5-3-4-6-15(13)21/h3-8,10-12H,2,9H2,1H3,(H,23,28). The Bertz CT molecular complexity index is 1140. The predicted molar refractivity (Wildman–Crippen MR) is 107 cm³/mol. The third-order valence-corrected chi connectivity index (χ3v) is 4.62. The largest absolute Gasteiger partial charge is 0.347 e. The first-order valence-corrected chi connectivity index (χ1v) is 9.37. The maximum atomic E-state index is 12.4. The van der Waals surface area contributed by atoms with E-state index < -0.39 is 0 Å². The van der Waals surface area contributed by atoms with Gasteiger partial charge in [0.1, 0.15) is 17.8 Å². The van der Waals surface area contributed by atoms with Gasteiger partial charge in [0.25, 0.3) is 11.8 Å². The van der Waals surface area contributed by atoms with Crippen molar-refractivity contribution in [2.75, 3.05) is 0 Å². The minimum absolute atomic E-state index is 0.285. The monoisotopic (exact) mass is 408 g/mol. The van der Waals surface area contributed by atoms with Crippen molar-refractivity contribution >= 4 is 17.5 Å². The highest BCUT2D eigenvalue weighted by Crippen LogP contribution is 2.18. The van der Waals surface area contributed by atoms with E-state index in [-0.39, 0.29) is 11.6 Å². The lowest BCUT2D eigenvalue weighted by Gasteiger charge is -2.05. The Morgan fingerprint density at radius 3 is 2.79 bits per heavy atom. The zero-order valence-electron chi connectivity index (χ0n) is 15.5. The molecule has 0 saturated carbocycles. The van der Waals surface area contributed by atoms with Gasteiger partial charge in [0.15, 0.2) is 5.82 Å². The van der Waals surface area contributed by atoms with Crippen LogP contribution in [0.2, 0.25) is 5.02 Å². The summed E-state index contributed by atoms with van der Waals surface area (Å²) in [7, 11) is 0. The molecule has 0 saturated heterocycles. The maximum absolute atomic E-state index is 12.4. The molecule has 1 N–H and O–H groups in total. The van der Waals surface area contributed by atoms with Crippen LogP contribution in [-0.2, 0) is 13.0 Å². The molecule has 4 rings (SSSR count). The molecular weight excluding hydrogens is 392 g/mol. The first kappa shape index (κ1) is 18.8. The quantitative estimate of drug-likeness (QED) is 0.524. The highest BCUT2D eigenvalue weighted by Gasteiger charge is 2.12. The number of pyridine rings is 1. The Morgan fingerprint density at radius 1 is 1.21 bits per heavy atom. The predicted octanol–water partition coefficient (Wildman–Crippen LogP) is 3.46. The smallest absolute Gasteiger partial charge is 0.271 e. The Balaban J connectivity index is 1.44. The molecule has 0 fully saturated rings. The van der Waals surface area contributed by atoms with Crippen molar-refractivity contribution in [2.24, 2.45) is 0 Å². The summed E-state index contributed by atoms with van der Waals surface area (Å²) in [5.41, 5.74) is 1.85. The molecule has 3 heterocycles. The van der Waals surface area contributed by atoms with E-state index >= 15 is 0 Å². The zero-order valence-corrected chi connectivity index (χ0v) is 16.3. The van der Waals surface area contributed by atoms with E-state index in [1.54, 1.807) is 29.1 Å². The van der Waals surface area contributed by atoms with Crippen LogP contribution in [0.15, 0.2) is 59.6 Å². The normalized spacial score (nSPS) is 10.8. The van der Waals surface area contributed by atoms with Gasteiger partial charge >= 0.3 is 0 Å². The van der Waals surface area contributed by atoms with Gasteiger partial charge in [-0.25, -0.2) is 9.97 Å². The lowest BCUT2D eigenvalue weighted by atomic mass is 10.2. The number of hydrogen-bond acceptors (Lipinski definition) is 6. The van der Waals surface area contributed by atoms with Crippen molar-refractivity contribution in [1.29, 1.82) is 0 Å². The van der Waals surface area contributed by atoms with Crippen molar-refractivity contribution in [3.8, 4) is 17.3 Å². The molecule has 8 nitrogen and oxygen atoms in total. The molecule has 0 aliphatic heterocycles. The molecular formula is C20H17ClN6O2. The second kappa shape index (κ2) is 8.24. The van der Waals surface area contributed by atoms with E-state index in [2.05, 4.69) is 25.4 Å². The van der Waals surface area contributed by atoms with Gasteiger partial charge in [0.2, 0.25) is 0 Å². The Kier molecular flexibility index (Phi) is 5.35. The molecule has 9 heteroatoms. The zero-order chi connectivity index (χ0) is 20.2. The first-order chi connectivity index (χ1) is 14.1. The summed E-state index contributed by atoms with van der Waals surface area (Å²) >= 11 is 6.11. The molecule has 0 aliphatic carbocycles. The Hall–Kier alpha value is -3.52. The highest BCUT2D eigenvalue weighted by atomic mass is 35.5. The van der Waals surface area contributed by atoms with E-state index in [1.165, 1.54) is 6.33 Å². The average Bonchev–Trinajstić information content (AvgIpc) is 3.43. The SMILES string of the molecule is CCc1noc(-c2ccc(-n3cnc(C(=O)NCc4ccccc4Cl)c3)nc2)n1. The molecule has 0 unspecified atom stereocenters. The van der Waals surface area contributed by atoms with Crippen LogP contribution in [-0.4, -0.2) is 30.6 Å². The van der Waals surface area contributed by atoms with E-state index in [4.69, 9.17) is 16.1 Å². The number of benzene rings is 1. The summed E-state index contributed by atoms with van der Waals surface area (Å²) in [5, 5.41) is 7.30. The number of imidazole rings is 1. The van der Waals surface area contributed by atoms with Gasteiger partial charge in [-0.1, -0.05) is 41.9 Å². The van der Waals surface area contributed by atoms with Gasteiger partial charge in [0.05, 0.1) is 5.56 Å². The molecule has 0 spiro atoms. The van der Waals surface area contributed by atoms with Gasteiger partial charge < -0.3 is 9.84 Å². The van der Waals surface area contributed by atoms with Gasteiger partial charge in [-0.2, -0.15) is 4.98 Å². The Morgan fingerprint density at radius 2 is 2.07 bits per heavy atom. The van der Waals surface area contributed by atoms with Gasteiger partial charge in [0, 0.05) is 30.4 Å². The second-order valence-electron chi connectivity index (χ2n) is 6.21. The summed E-state index contributed by atoms with van der Waals surface area (Å²) in [6.45, 7) is 2.28. The summed E-state index contributed by atoms with van der Waals surface area (Å²) in [5.74, 6) is 1.39. The van der Waals surface area contributed by atoms with Gasteiger partial charge in [-0.3, -0.25) is 9.36 Å². The number of hydrogen-bond donors (Lipinski definition) is 1. The summed E-state index contributed by atoms with van der Waals surface area (Å²) < 4.78 is 6.88. The summed E-state index contributed by atoms with van der Waals surface area (Å²) in [4.78, 5) is 25.2. The number of halogens is 1. The summed E-state index contributed by atoms with van der Waals surface area (Å²) in [6, 6.07) is 11.0. The van der Waals surface area contributed by atoms with Crippen LogP contribution in [0, 0.1) is 0 Å². The number of aryl methyl sites for hydroxylation is 1. The average molecular weight is 409 g/mol. The summed E-state index contributed by atoms with van der Waals surface area (Å²) in [6.07, 6.45) is 5.49. The number of nitrogens with one attached hydrogen (secondary N) is 1. The van der Waals surface area contributed by atoms with Crippen LogP contribution in [0.4, 0.5) is 0 Å². The van der Waals surface area contributed by atoms with Crippen LogP contribution < -0.4 is 5.32 Å².